The van der Waals surface area contributed by atoms with Gasteiger partial charge in [-0.05, 0) is 25.5 Å². The first-order valence-corrected chi connectivity index (χ1v) is 6.27. The van der Waals surface area contributed by atoms with Crippen LogP contribution >= 0.6 is 0 Å². The number of anilines is 1. The molecule has 18 heavy (non-hydrogen) atoms. The smallest absolute Gasteiger partial charge is 0.352 e. The molecule has 1 aliphatic rings. The van der Waals surface area contributed by atoms with Crippen LogP contribution in [0, 0.1) is 0 Å². The molecule has 2 atom stereocenters. The van der Waals surface area contributed by atoms with E-state index < -0.39 is 5.97 Å². The summed E-state index contributed by atoms with van der Waals surface area (Å²) in [5, 5.41) is 13.8. The van der Waals surface area contributed by atoms with Crippen LogP contribution < -0.4 is 5.32 Å². The third-order valence-corrected chi connectivity index (χ3v) is 3.79. The molecular formula is C14H16N2O2. The molecule has 0 saturated carbocycles. The fraction of sp³-hybridized carbons (Fsp3) is 0.357. The molecule has 2 heterocycles. The summed E-state index contributed by atoms with van der Waals surface area (Å²) in [7, 11) is 0. The van der Waals surface area contributed by atoms with Crippen LogP contribution in [0.3, 0.4) is 0 Å². The molecule has 4 heteroatoms. The number of hydrogen-bond acceptors (Lipinski definition) is 2. The van der Waals surface area contributed by atoms with Crippen LogP contribution in [0.25, 0.3) is 10.9 Å². The monoisotopic (exact) mass is 244 g/mol. The number of aromatic carboxylic acids is 1. The number of nitrogens with one attached hydrogen (secondary N) is 1. The van der Waals surface area contributed by atoms with Gasteiger partial charge < -0.3 is 15.0 Å². The van der Waals surface area contributed by atoms with E-state index in [0.717, 1.165) is 23.0 Å². The largest absolute Gasteiger partial charge is 0.477 e. The molecule has 94 valence electrons. The van der Waals surface area contributed by atoms with E-state index in [2.05, 4.69) is 19.2 Å². The number of nitrogens with zero attached hydrogens (tertiary/aromatic N) is 1. The third-order valence-electron chi connectivity index (χ3n) is 3.79. The summed E-state index contributed by atoms with van der Waals surface area (Å²) in [5.41, 5.74) is 2.43. The molecule has 1 aromatic carbocycles. The first kappa shape index (κ1) is 11.1. The van der Waals surface area contributed by atoms with Gasteiger partial charge in [0.25, 0.3) is 0 Å². The van der Waals surface area contributed by atoms with E-state index in [1.807, 2.05) is 22.8 Å². The number of rotatable bonds is 2. The van der Waals surface area contributed by atoms with Crippen molar-refractivity contribution >= 4 is 22.6 Å². The highest BCUT2D eigenvalue weighted by Crippen LogP contribution is 2.37. The van der Waals surface area contributed by atoms with Crippen molar-refractivity contribution in [3.63, 3.8) is 0 Å². The van der Waals surface area contributed by atoms with Gasteiger partial charge in [-0.15, -0.1) is 0 Å². The number of para-hydroxylation sites is 1. The molecule has 0 radical (unpaired) electrons. The number of benzene rings is 1. The minimum Gasteiger partial charge on any atom is -0.477 e. The third kappa shape index (κ3) is 1.35. The summed E-state index contributed by atoms with van der Waals surface area (Å²) >= 11 is 0. The number of aromatic nitrogens is 1. The molecule has 0 amide bonds. The van der Waals surface area contributed by atoms with Crippen LogP contribution in [0.2, 0.25) is 0 Å². The Kier molecular flexibility index (Phi) is 2.33. The molecule has 0 bridgehead atoms. The van der Waals surface area contributed by atoms with Crippen LogP contribution in [0.15, 0.2) is 24.3 Å². The van der Waals surface area contributed by atoms with E-state index in [0.29, 0.717) is 5.69 Å². The Balaban J connectivity index is 2.38. The summed E-state index contributed by atoms with van der Waals surface area (Å²) in [6, 6.07) is 8.12. The van der Waals surface area contributed by atoms with E-state index in [-0.39, 0.29) is 12.1 Å². The lowest BCUT2D eigenvalue weighted by molar-refractivity contribution is 0.0682. The highest BCUT2D eigenvalue weighted by Gasteiger charge is 2.29. The Morgan fingerprint density at radius 3 is 2.94 bits per heavy atom. The van der Waals surface area contributed by atoms with Crippen molar-refractivity contribution in [2.45, 2.75) is 32.4 Å². The van der Waals surface area contributed by atoms with E-state index in [1.165, 1.54) is 0 Å². The van der Waals surface area contributed by atoms with Gasteiger partial charge in [0.2, 0.25) is 0 Å². The Hall–Kier alpha value is -1.97. The molecule has 1 aromatic heterocycles. The zero-order valence-corrected chi connectivity index (χ0v) is 10.5. The number of carboxylic acid groups (broad SMARTS) is 1. The summed E-state index contributed by atoms with van der Waals surface area (Å²) < 4.78 is 1.98. The summed E-state index contributed by atoms with van der Waals surface area (Å²) in [4.78, 5) is 11.4. The van der Waals surface area contributed by atoms with Crippen LogP contribution in [0.5, 0.6) is 0 Å². The lowest BCUT2D eigenvalue weighted by Crippen LogP contribution is -2.33. The van der Waals surface area contributed by atoms with Gasteiger partial charge in [0, 0.05) is 11.4 Å². The molecule has 0 saturated heterocycles. The molecule has 0 spiro atoms. The Morgan fingerprint density at radius 1 is 1.50 bits per heavy atom. The van der Waals surface area contributed by atoms with Crippen LogP contribution in [0.1, 0.15) is 36.8 Å². The standard InChI is InChI=1S/C14H16N2O2/c1-3-11-8(2)15-10-6-4-5-9-7-12(14(17)18)16(11)13(9)10/h4-8,11,15H,3H2,1-2H3,(H,17,18). The second kappa shape index (κ2) is 3.77. The zero-order valence-electron chi connectivity index (χ0n) is 10.5. The van der Waals surface area contributed by atoms with Crippen molar-refractivity contribution in [1.29, 1.82) is 0 Å². The molecule has 0 fully saturated rings. The van der Waals surface area contributed by atoms with Crippen molar-refractivity contribution in [1.82, 2.24) is 4.57 Å². The minimum atomic E-state index is -0.857. The lowest BCUT2D eigenvalue weighted by atomic mass is 10.0. The maximum absolute atomic E-state index is 11.4. The van der Waals surface area contributed by atoms with E-state index in [1.54, 1.807) is 6.07 Å². The second-order valence-electron chi connectivity index (χ2n) is 4.86. The maximum Gasteiger partial charge on any atom is 0.352 e. The molecule has 2 unspecified atom stereocenters. The average molecular weight is 244 g/mol. The van der Waals surface area contributed by atoms with Gasteiger partial charge in [-0.25, -0.2) is 4.79 Å². The predicted molar refractivity (Wildman–Crippen MR) is 71.3 cm³/mol. The van der Waals surface area contributed by atoms with Crippen molar-refractivity contribution < 1.29 is 9.90 Å². The normalized spacial score (nSPS) is 21.9. The topological polar surface area (TPSA) is 54.3 Å². The van der Waals surface area contributed by atoms with Crippen molar-refractivity contribution in [2.75, 3.05) is 5.32 Å². The SMILES string of the molecule is CCC1C(C)Nc2cccc3cc(C(=O)O)n1c23. The van der Waals surface area contributed by atoms with Gasteiger partial charge in [-0.2, -0.15) is 0 Å². The van der Waals surface area contributed by atoms with Gasteiger partial charge in [-0.1, -0.05) is 19.1 Å². The highest BCUT2D eigenvalue weighted by molar-refractivity contribution is 6.00. The van der Waals surface area contributed by atoms with Gasteiger partial charge in [0.1, 0.15) is 5.69 Å². The zero-order chi connectivity index (χ0) is 12.9. The van der Waals surface area contributed by atoms with Gasteiger partial charge in [0.15, 0.2) is 0 Å². The van der Waals surface area contributed by atoms with Crippen molar-refractivity contribution in [3.8, 4) is 0 Å². The lowest BCUT2D eigenvalue weighted by Gasteiger charge is -2.33. The fourth-order valence-electron chi connectivity index (χ4n) is 3.01. The Bertz CT molecular complexity index is 630. The molecule has 1 aliphatic heterocycles. The first-order valence-electron chi connectivity index (χ1n) is 6.27. The van der Waals surface area contributed by atoms with Crippen molar-refractivity contribution in [3.05, 3.63) is 30.0 Å². The quantitative estimate of drug-likeness (QED) is 0.853. The minimum absolute atomic E-state index is 0.184. The van der Waals surface area contributed by atoms with Gasteiger partial charge >= 0.3 is 5.97 Å². The average Bonchev–Trinajstić information content (AvgIpc) is 2.71. The molecular weight excluding hydrogens is 228 g/mol. The fourth-order valence-corrected chi connectivity index (χ4v) is 3.01. The highest BCUT2D eigenvalue weighted by atomic mass is 16.4. The number of carboxylic acids is 1. The van der Waals surface area contributed by atoms with E-state index in [4.69, 9.17) is 0 Å². The van der Waals surface area contributed by atoms with Crippen LogP contribution in [0.4, 0.5) is 5.69 Å². The molecule has 2 N–H and O–H groups in total. The number of carbonyl (C=O) groups is 1. The number of hydrogen-bond donors (Lipinski definition) is 2. The predicted octanol–water partition coefficient (Wildman–Crippen LogP) is 3.10. The molecule has 0 aliphatic carbocycles. The molecule has 3 rings (SSSR count). The van der Waals surface area contributed by atoms with Gasteiger partial charge in [0.05, 0.1) is 17.2 Å². The van der Waals surface area contributed by atoms with Crippen molar-refractivity contribution in [2.24, 2.45) is 0 Å². The molecule has 2 aromatic rings. The van der Waals surface area contributed by atoms with E-state index >= 15 is 0 Å². The van der Waals surface area contributed by atoms with Gasteiger partial charge in [-0.3, -0.25) is 0 Å². The Labute approximate surface area is 105 Å². The second-order valence-corrected chi connectivity index (χ2v) is 4.86. The van der Waals surface area contributed by atoms with Crippen LogP contribution in [-0.4, -0.2) is 21.7 Å². The summed E-state index contributed by atoms with van der Waals surface area (Å²) in [6.07, 6.45) is 0.909. The first-order chi connectivity index (χ1) is 8.63. The summed E-state index contributed by atoms with van der Waals surface area (Å²) in [5.74, 6) is -0.857. The van der Waals surface area contributed by atoms with Crippen LogP contribution in [-0.2, 0) is 0 Å². The Morgan fingerprint density at radius 2 is 2.28 bits per heavy atom. The van der Waals surface area contributed by atoms with E-state index in [9.17, 15) is 9.90 Å². The summed E-state index contributed by atoms with van der Waals surface area (Å²) in [6.45, 7) is 4.19. The molecule has 4 nitrogen and oxygen atoms in total. The maximum atomic E-state index is 11.4.